The topological polar surface area (TPSA) is 12.0 Å². The van der Waals surface area contributed by atoms with Crippen molar-refractivity contribution in [2.45, 2.75) is 26.3 Å². The molecule has 0 radical (unpaired) electrons. The Hall–Kier alpha value is -0.900. The monoisotopic (exact) mass is 369 g/mol. The van der Waals surface area contributed by atoms with Gasteiger partial charge in [0, 0.05) is 9.50 Å². The average molecular weight is 371 g/mol. The molecule has 1 nitrogen and oxygen atoms in total. The van der Waals surface area contributed by atoms with E-state index in [9.17, 15) is 4.39 Å². The number of aryl methyl sites for hydroxylation is 1. The van der Waals surface area contributed by atoms with Crippen LogP contribution in [0.25, 0.3) is 0 Å². The van der Waals surface area contributed by atoms with Crippen LogP contribution in [0.2, 0.25) is 5.02 Å². The second kappa shape index (κ2) is 7.39. The van der Waals surface area contributed by atoms with Crippen LogP contribution in [0.15, 0.2) is 40.9 Å². The SMILES string of the molecule is CCCNC(c1ccc(C)c(F)c1)c1ccc(Cl)cc1Br. The first-order valence-corrected chi connectivity index (χ1v) is 8.14. The van der Waals surface area contributed by atoms with Crippen LogP contribution in [0.3, 0.4) is 0 Å². The molecule has 4 heteroatoms. The fraction of sp³-hybridized carbons (Fsp3) is 0.294. The summed E-state index contributed by atoms with van der Waals surface area (Å²) < 4.78 is 14.8. The van der Waals surface area contributed by atoms with E-state index in [0.29, 0.717) is 10.6 Å². The lowest BCUT2D eigenvalue weighted by molar-refractivity contribution is 0.581. The Morgan fingerprint density at radius 3 is 2.62 bits per heavy atom. The summed E-state index contributed by atoms with van der Waals surface area (Å²) in [6, 6.07) is 11.0. The second-order valence-corrected chi connectivity index (χ2v) is 6.35. The molecule has 0 saturated carbocycles. The molecule has 2 aromatic rings. The van der Waals surface area contributed by atoms with Crippen molar-refractivity contribution in [2.75, 3.05) is 6.54 Å². The summed E-state index contributed by atoms with van der Waals surface area (Å²) in [5, 5.41) is 4.15. The van der Waals surface area contributed by atoms with Crippen LogP contribution in [0.1, 0.15) is 36.1 Å². The Kier molecular flexibility index (Phi) is 5.80. The molecule has 2 rings (SSSR count). The standard InChI is InChI=1S/C17H18BrClFN/c1-3-8-21-17(12-5-4-11(2)16(20)9-12)14-7-6-13(19)10-15(14)18/h4-7,9-10,17,21H,3,8H2,1-2H3. The van der Waals surface area contributed by atoms with E-state index in [1.165, 1.54) is 0 Å². The summed E-state index contributed by atoms with van der Waals surface area (Å²) in [5.41, 5.74) is 2.62. The van der Waals surface area contributed by atoms with Gasteiger partial charge in [0.1, 0.15) is 5.82 Å². The second-order valence-electron chi connectivity index (χ2n) is 5.06. The normalized spacial score (nSPS) is 12.4. The van der Waals surface area contributed by atoms with E-state index < -0.39 is 0 Å². The van der Waals surface area contributed by atoms with Crippen LogP contribution in [-0.2, 0) is 0 Å². The molecule has 0 bridgehead atoms. The highest BCUT2D eigenvalue weighted by atomic mass is 79.9. The highest BCUT2D eigenvalue weighted by molar-refractivity contribution is 9.10. The quantitative estimate of drug-likeness (QED) is 0.718. The fourth-order valence-corrected chi connectivity index (χ4v) is 3.13. The lowest BCUT2D eigenvalue weighted by Crippen LogP contribution is -2.23. The number of halogens is 3. The Labute approximate surface area is 138 Å². The van der Waals surface area contributed by atoms with Gasteiger partial charge in [-0.05, 0) is 54.8 Å². The summed E-state index contributed by atoms with van der Waals surface area (Å²) in [4.78, 5) is 0. The van der Waals surface area contributed by atoms with E-state index >= 15 is 0 Å². The predicted octanol–water partition coefficient (Wildman–Crippen LogP) is 5.64. The Morgan fingerprint density at radius 2 is 2.00 bits per heavy atom. The summed E-state index contributed by atoms with van der Waals surface area (Å²) in [5.74, 6) is -0.180. The van der Waals surface area contributed by atoms with E-state index in [1.807, 2.05) is 30.3 Å². The molecule has 0 heterocycles. The third kappa shape index (κ3) is 4.06. The van der Waals surface area contributed by atoms with Crippen molar-refractivity contribution in [3.05, 3.63) is 68.4 Å². The van der Waals surface area contributed by atoms with Gasteiger partial charge in [0.05, 0.1) is 6.04 Å². The molecule has 0 aliphatic carbocycles. The molecule has 0 aliphatic rings. The van der Waals surface area contributed by atoms with E-state index in [4.69, 9.17) is 11.6 Å². The highest BCUT2D eigenvalue weighted by Crippen LogP contribution is 2.31. The van der Waals surface area contributed by atoms with Crippen molar-refractivity contribution < 1.29 is 4.39 Å². The van der Waals surface area contributed by atoms with Crippen molar-refractivity contribution in [2.24, 2.45) is 0 Å². The minimum absolute atomic E-state index is 0.0632. The summed E-state index contributed by atoms with van der Waals surface area (Å²) in [6.07, 6.45) is 1.01. The van der Waals surface area contributed by atoms with Crippen LogP contribution in [0.4, 0.5) is 4.39 Å². The zero-order valence-electron chi connectivity index (χ0n) is 12.1. The van der Waals surface area contributed by atoms with Gasteiger partial charge in [-0.15, -0.1) is 0 Å². The lowest BCUT2D eigenvalue weighted by Gasteiger charge is -2.21. The van der Waals surface area contributed by atoms with Gasteiger partial charge in [0.25, 0.3) is 0 Å². The third-order valence-corrected chi connectivity index (χ3v) is 4.32. The first-order chi connectivity index (χ1) is 10.0. The van der Waals surface area contributed by atoms with E-state index in [-0.39, 0.29) is 11.9 Å². The fourth-order valence-electron chi connectivity index (χ4n) is 2.22. The first-order valence-electron chi connectivity index (χ1n) is 6.97. The van der Waals surface area contributed by atoms with Crippen molar-refractivity contribution in [1.29, 1.82) is 0 Å². The molecule has 1 unspecified atom stereocenters. The number of rotatable bonds is 5. The molecule has 1 N–H and O–H groups in total. The lowest BCUT2D eigenvalue weighted by atomic mass is 9.97. The number of hydrogen-bond acceptors (Lipinski definition) is 1. The maximum absolute atomic E-state index is 13.9. The van der Waals surface area contributed by atoms with E-state index in [1.54, 1.807) is 13.0 Å². The van der Waals surface area contributed by atoms with Gasteiger partial charge < -0.3 is 5.32 Å². The van der Waals surface area contributed by atoms with Crippen molar-refractivity contribution >= 4 is 27.5 Å². The third-order valence-electron chi connectivity index (χ3n) is 3.40. The van der Waals surface area contributed by atoms with Crippen molar-refractivity contribution in [1.82, 2.24) is 5.32 Å². The first kappa shape index (κ1) is 16.5. The van der Waals surface area contributed by atoms with Gasteiger partial charge in [-0.2, -0.15) is 0 Å². The predicted molar refractivity (Wildman–Crippen MR) is 90.4 cm³/mol. The van der Waals surface area contributed by atoms with Gasteiger partial charge in [-0.25, -0.2) is 4.39 Å². The zero-order valence-corrected chi connectivity index (χ0v) is 14.4. The average Bonchev–Trinajstić information content (AvgIpc) is 2.44. The smallest absolute Gasteiger partial charge is 0.126 e. The summed E-state index contributed by atoms with van der Waals surface area (Å²) in [6.45, 7) is 4.73. The van der Waals surface area contributed by atoms with Crippen LogP contribution in [0.5, 0.6) is 0 Å². The van der Waals surface area contributed by atoms with Crippen LogP contribution in [0, 0.1) is 12.7 Å². The Morgan fingerprint density at radius 1 is 1.24 bits per heavy atom. The van der Waals surface area contributed by atoms with Gasteiger partial charge in [-0.1, -0.05) is 52.7 Å². The Balaban J connectivity index is 2.44. The molecule has 0 amide bonds. The van der Waals surface area contributed by atoms with Crippen LogP contribution in [-0.4, -0.2) is 6.54 Å². The molecule has 112 valence electrons. The molecule has 0 saturated heterocycles. The zero-order chi connectivity index (χ0) is 15.4. The van der Waals surface area contributed by atoms with Crippen LogP contribution >= 0.6 is 27.5 Å². The van der Waals surface area contributed by atoms with E-state index in [0.717, 1.165) is 28.6 Å². The Bertz CT molecular complexity index is 630. The molecular weight excluding hydrogens is 353 g/mol. The minimum Gasteiger partial charge on any atom is -0.306 e. The molecule has 0 spiro atoms. The largest absolute Gasteiger partial charge is 0.306 e. The van der Waals surface area contributed by atoms with Gasteiger partial charge in [0.2, 0.25) is 0 Å². The summed E-state index contributed by atoms with van der Waals surface area (Å²) in [7, 11) is 0. The molecule has 21 heavy (non-hydrogen) atoms. The number of hydrogen-bond donors (Lipinski definition) is 1. The molecule has 0 fully saturated rings. The summed E-state index contributed by atoms with van der Waals surface area (Å²) >= 11 is 9.56. The van der Waals surface area contributed by atoms with E-state index in [2.05, 4.69) is 28.2 Å². The molecular formula is C17H18BrClFN. The van der Waals surface area contributed by atoms with Crippen molar-refractivity contribution in [3.8, 4) is 0 Å². The molecule has 1 atom stereocenters. The van der Waals surface area contributed by atoms with Crippen LogP contribution < -0.4 is 5.32 Å². The minimum atomic E-state index is -0.180. The molecule has 0 aliphatic heterocycles. The molecule has 0 aromatic heterocycles. The highest BCUT2D eigenvalue weighted by Gasteiger charge is 2.17. The van der Waals surface area contributed by atoms with Gasteiger partial charge in [0.15, 0.2) is 0 Å². The number of benzene rings is 2. The van der Waals surface area contributed by atoms with Gasteiger partial charge in [-0.3, -0.25) is 0 Å². The molecule has 2 aromatic carbocycles. The maximum Gasteiger partial charge on any atom is 0.126 e. The van der Waals surface area contributed by atoms with Gasteiger partial charge >= 0.3 is 0 Å². The number of nitrogens with one attached hydrogen (secondary N) is 1. The van der Waals surface area contributed by atoms with Crippen molar-refractivity contribution in [3.63, 3.8) is 0 Å². The maximum atomic E-state index is 13.9.